The molecule has 0 aromatic heterocycles. The molecule has 3 heteroatoms. The molecule has 0 radical (unpaired) electrons. The van der Waals surface area contributed by atoms with E-state index in [4.69, 9.17) is 0 Å². The summed E-state index contributed by atoms with van der Waals surface area (Å²) in [6.07, 6.45) is 3.24. The third-order valence-electron chi connectivity index (χ3n) is 4.01. The number of carbonyl (C=O) groups excluding carboxylic acids is 1. The van der Waals surface area contributed by atoms with Gasteiger partial charge in [0.05, 0.1) is 5.92 Å². The van der Waals surface area contributed by atoms with Gasteiger partial charge in [0.25, 0.3) is 0 Å². The molecule has 3 atom stereocenters. The molecule has 1 aliphatic heterocycles. The Kier molecular flexibility index (Phi) is 3.33. The van der Waals surface area contributed by atoms with Gasteiger partial charge in [0.1, 0.15) is 0 Å². The second-order valence-corrected chi connectivity index (χ2v) is 5.41. The molecule has 0 bridgehead atoms. The van der Waals surface area contributed by atoms with Crippen LogP contribution in [-0.4, -0.2) is 25.0 Å². The Morgan fingerprint density at radius 2 is 2.11 bits per heavy atom. The molecule has 2 aliphatic rings. The summed E-state index contributed by atoms with van der Waals surface area (Å²) < 4.78 is 0. The number of nitrogens with one attached hydrogen (secondary N) is 2. The highest BCUT2D eigenvalue weighted by Gasteiger charge is 2.40. The molecule has 1 saturated heterocycles. The van der Waals surface area contributed by atoms with Crippen LogP contribution in [0.1, 0.15) is 30.7 Å². The summed E-state index contributed by atoms with van der Waals surface area (Å²) in [5, 5.41) is 6.48. The van der Waals surface area contributed by atoms with Crippen molar-refractivity contribution in [3.8, 4) is 0 Å². The van der Waals surface area contributed by atoms with Crippen molar-refractivity contribution in [2.45, 2.75) is 31.2 Å². The van der Waals surface area contributed by atoms with Crippen molar-refractivity contribution in [3.05, 3.63) is 35.9 Å². The van der Waals surface area contributed by atoms with Gasteiger partial charge in [-0.3, -0.25) is 4.79 Å². The topological polar surface area (TPSA) is 41.1 Å². The van der Waals surface area contributed by atoms with E-state index in [9.17, 15) is 4.79 Å². The zero-order valence-corrected chi connectivity index (χ0v) is 10.6. The summed E-state index contributed by atoms with van der Waals surface area (Å²) in [5.74, 6) is 0.952. The maximum Gasteiger partial charge on any atom is 0.224 e. The minimum Gasteiger partial charge on any atom is -0.352 e. The fourth-order valence-corrected chi connectivity index (χ4v) is 2.80. The van der Waals surface area contributed by atoms with Crippen LogP contribution >= 0.6 is 0 Å². The van der Waals surface area contributed by atoms with Crippen molar-refractivity contribution in [1.29, 1.82) is 0 Å². The summed E-state index contributed by atoms with van der Waals surface area (Å²) in [6, 6.07) is 10.8. The summed E-state index contributed by atoms with van der Waals surface area (Å²) in [4.78, 5) is 12.1. The van der Waals surface area contributed by atoms with E-state index in [2.05, 4.69) is 34.9 Å². The van der Waals surface area contributed by atoms with Crippen LogP contribution in [0.25, 0.3) is 0 Å². The number of benzene rings is 1. The number of piperidine rings is 1. The molecule has 1 heterocycles. The van der Waals surface area contributed by atoms with Crippen molar-refractivity contribution in [2.24, 2.45) is 5.92 Å². The highest BCUT2D eigenvalue weighted by molar-refractivity contribution is 5.79. The number of rotatable bonds is 3. The van der Waals surface area contributed by atoms with Crippen molar-refractivity contribution < 1.29 is 4.79 Å². The molecule has 0 spiro atoms. The first-order valence-corrected chi connectivity index (χ1v) is 6.90. The second kappa shape index (κ2) is 5.11. The fourth-order valence-electron chi connectivity index (χ4n) is 2.80. The van der Waals surface area contributed by atoms with Gasteiger partial charge in [0.2, 0.25) is 5.91 Å². The fraction of sp³-hybridized carbons (Fsp3) is 0.533. The van der Waals surface area contributed by atoms with E-state index in [0.717, 1.165) is 32.4 Å². The van der Waals surface area contributed by atoms with Gasteiger partial charge < -0.3 is 10.6 Å². The minimum atomic E-state index is 0.177. The zero-order valence-electron chi connectivity index (χ0n) is 10.6. The predicted octanol–water partition coefficient (Wildman–Crippen LogP) is 1.66. The molecule has 3 unspecified atom stereocenters. The van der Waals surface area contributed by atoms with E-state index in [1.54, 1.807) is 0 Å². The molecule has 1 saturated carbocycles. The molecule has 1 aliphatic carbocycles. The Morgan fingerprint density at radius 1 is 1.28 bits per heavy atom. The predicted molar refractivity (Wildman–Crippen MR) is 71.3 cm³/mol. The molecular weight excluding hydrogens is 224 g/mol. The average Bonchev–Trinajstić information content (AvgIpc) is 3.20. The molecule has 2 fully saturated rings. The van der Waals surface area contributed by atoms with Crippen LogP contribution < -0.4 is 10.6 Å². The monoisotopic (exact) mass is 244 g/mol. The Morgan fingerprint density at radius 3 is 2.83 bits per heavy atom. The lowest BCUT2D eigenvalue weighted by atomic mass is 9.99. The maximum atomic E-state index is 12.1. The van der Waals surface area contributed by atoms with Crippen molar-refractivity contribution >= 4 is 5.91 Å². The number of amides is 1. The van der Waals surface area contributed by atoms with Gasteiger partial charge in [-0.05, 0) is 31.4 Å². The first-order valence-electron chi connectivity index (χ1n) is 6.90. The Balaban J connectivity index is 1.51. The van der Waals surface area contributed by atoms with Gasteiger partial charge in [-0.2, -0.15) is 0 Å². The molecule has 3 rings (SSSR count). The van der Waals surface area contributed by atoms with E-state index >= 15 is 0 Å². The van der Waals surface area contributed by atoms with Crippen LogP contribution in [0.3, 0.4) is 0 Å². The highest BCUT2D eigenvalue weighted by atomic mass is 16.2. The zero-order chi connectivity index (χ0) is 12.4. The lowest BCUT2D eigenvalue weighted by molar-refractivity contribution is -0.125. The summed E-state index contributed by atoms with van der Waals surface area (Å²) >= 11 is 0. The largest absolute Gasteiger partial charge is 0.352 e. The highest BCUT2D eigenvalue weighted by Crippen LogP contribution is 2.40. The van der Waals surface area contributed by atoms with Gasteiger partial charge in [0, 0.05) is 18.5 Å². The maximum absolute atomic E-state index is 12.1. The summed E-state index contributed by atoms with van der Waals surface area (Å²) in [6.45, 7) is 1.90. The van der Waals surface area contributed by atoms with Crippen LogP contribution in [0.2, 0.25) is 0 Å². The molecular formula is C15H20N2O. The Hall–Kier alpha value is -1.35. The molecule has 1 aromatic carbocycles. The SMILES string of the molecule is O=C(NC1CC1c1ccccc1)C1CCCNC1. The number of carbonyl (C=O) groups is 1. The lowest BCUT2D eigenvalue weighted by Gasteiger charge is -2.21. The first-order chi connectivity index (χ1) is 8.84. The van der Waals surface area contributed by atoms with Crippen LogP contribution in [0, 0.1) is 5.92 Å². The number of hydrogen-bond donors (Lipinski definition) is 2. The molecule has 1 aromatic rings. The van der Waals surface area contributed by atoms with Crippen molar-refractivity contribution in [2.75, 3.05) is 13.1 Å². The summed E-state index contributed by atoms with van der Waals surface area (Å²) in [7, 11) is 0. The number of hydrogen-bond acceptors (Lipinski definition) is 2. The van der Waals surface area contributed by atoms with Gasteiger partial charge in [-0.25, -0.2) is 0 Å². The molecule has 1 amide bonds. The summed E-state index contributed by atoms with van der Waals surface area (Å²) in [5.41, 5.74) is 1.35. The van der Waals surface area contributed by atoms with Crippen LogP contribution in [0.4, 0.5) is 0 Å². The van der Waals surface area contributed by atoms with Crippen molar-refractivity contribution in [1.82, 2.24) is 10.6 Å². The third kappa shape index (κ3) is 2.56. The standard InChI is InChI=1S/C15H20N2O/c18-15(12-7-4-8-16-10-12)17-14-9-13(14)11-5-2-1-3-6-11/h1-3,5-6,12-14,16H,4,7-10H2,(H,17,18). The van der Waals surface area contributed by atoms with E-state index < -0.39 is 0 Å². The van der Waals surface area contributed by atoms with E-state index in [1.165, 1.54) is 5.56 Å². The van der Waals surface area contributed by atoms with Crippen LogP contribution in [0.15, 0.2) is 30.3 Å². The average molecular weight is 244 g/mol. The smallest absolute Gasteiger partial charge is 0.224 e. The molecule has 18 heavy (non-hydrogen) atoms. The second-order valence-electron chi connectivity index (χ2n) is 5.41. The molecule has 96 valence electrons. The van der Waals surface area contributed by atoms with E-state index in [1.807, 2.05) is 6.07 Å². The Labute approximate surface area is 108 Å². The van der Waals surface area contributed by atoms with Gasteiger partial charge in [0.15, 0.2) is 0 Å². The molecule has 2 N–H and O–H groups in total. The lowest BCUT2D eigenvalue weighted by Crippen LogP contribution is -2.41. The van der Waals surface area contributed by atoms with Crippen molar-refractivity contribution in [3.63, 3.8) is 0 Å². The van der Waals surface area contributed by atoms with Gasteiger partial charge in [-0.15, -0.1) is 0 Å². The van der Waals surface area contributed by atoms with E-state index in [0.29, 0.717) is 12.0 Å². The minimum absolute atomic E-state index is 0.177. The normalized spacial score (nSPS) is 30.8. The van der Waals surface area contributed by atoms with Gasteiger partial charge >= 0.3 is 0 Å². The quantitative estimate of drug-likeness (QED) is 0.849. The van der Waals surface area contributed by atoms with Crippen LogP contribution in [0.5, 0.6) is 0 Å². The van der Waals surface area contributed by atoms with E-state index in [-0.39, 0.29) is 11.8 Å². The third-order valence-corrected chi connectivity index (χ3v) is 4.01. The van der Waals surface area contributed by atoms with Gasteiger partial charge in [-0.1, -0.05) is 30.3 Å². The first kappa shape index (κ1) is 11.7. The molecule has 3 nitrogen and oxygen atoms in total. The Bertz CT molecular complexity index is 412. The van der Waals surface area contributed by atoms with Crippen LogP contribution in [-0.2, 0) is 4.79 Å².